The number of hydrogen-bond donors (Lipinski definition) is 2. The van der Waals surface area contributed by atoms with Crippen molar-refractivity contribution in [1.29, 1.82) is 0 Å². The molecule has 7 heteroatoms. The molecule has 2 rings (SSSR count). The van der Waals surface area contributed by atoms with Crippen molar-refractivity contribution in [3.63, 3.8) is 0 Å². The Kier molecular flexibility index (Phi) is 4.58. The number of nitrogen functional groups attached to an aromatic ring is 1. The highest BCUT2D eigenvalue weighted by Crippen LogP contribution is 2.33. The predicted octanol–water partition coefficient (Wildman–Crippen LogP) is 4.89. The minimum Gasteiger partial charge on any atom is -0.384 e. The van der Waals surface area contributed by atoms with Crippen LogP contribution >= 0.6 is 34.8 Å². The first kappa shape index (κ1) is 15.2. The first-order valence-corrected chi connectivity index (χ1v) is 7.06. The number of aromatic nitrogens is 2. The Balaban J connectivity index is 2.37. The van der Waals surface area contributed by atoms with Gasteiger partial charge in [0.25, 0.3) is 0 Å². The highest BCUT2D eigenvalue weighted by Gasteiger charge is 2.10. The Morgan fingerprint density at radius 3 is 2.30 bits per heavy atom. The van der Waals surface area contributed by atoms with Gasteiger partial charge in [-0.25, -0.2) is 9.97 Å². The monoisotopic (exact) mass is 330 g/mol. The molecule has 0 amide bonds. The molecule has 0 spiro atoms. The van der Waals surface area contributed by atoms with Crippen LogP contribution < -0.4 is 11.1 Å². The first-order chi connectivity index (χ1) is 9.36. The molecule has 0 bridgehead atoms. The van der Waals surface area contributed by atoms with Gasteiger partial charge in [0, 0.05) is 12.0 Å². The maximum Gasteiger partial charge on any atom is 0.136 e. The van der Waals surface area contributed by atoms with E-state index < -0.39 is 0 Å². The summed E-state index contributed by atoms with van der Waals surface area (Å²) in [5.74, 6) is 1.77. The summed E-state index contributed by atoms with van der Waals surface area (Å²) < 4.78 is 0. The minimum absolute atomic E-state index is 0.170. The van der Waals surface area contributed by atoms with Gasteiger partial charge in [-0.1, -0.05) is 48.7 Å². The van der Waals surface area contributed by atoms with E-state index >= 15 is 0 Å². The van der Waals surface area contributed by atoms with Crippen molar-refractivity contribution in [1.82, 2.24) is 9.97 Å². The molecule has 0 saturated carbocycles. The normalized spacial score (nSPS) is 10.9. The fourth-order valence-corrected chi connectivity index (χ4v) is 2.16. The molecule has 106 valence electrons. The fraction of sp³-hybridized carbons (Fsp3) is 0.231. The lowest BCUT2D eigenvalue weighted by molar-refractivity contribution is 0.779. The number of anilines is 3. The summed E-state index contributed by atoms with van der Waals surface area (Å²) in [6, 6.07) is 4.84. The summed E-state index contributed by atoms with van der Waals surface area (Å²) in [5.41, 5.74) is 6.38. The molecular formula is C13H13Cl3N4. The van der Waals surface area contributed by atoms with E-state index in [9.17, 15) is 0 Å². The van der Waals surface area contributed by atoms with Gasteiger partial charge in [-0.15, -0.1) is 0 Å². The number of nitrogens with two attached hydrogens (primary N) is 1. The van der Waals surface area contributed by atoms with E-state index in [-0.39, 0.29) is 5.92 Å². The third kappa shape index (κ3) is 3.45. The average molecular weight is 332 g/mol. The highest BCUT2D eigenvalue weighted by molar-refractivity contribution is 6.44. The van der Waals surface area contributed by atoms with E-state index in [2.05, 4.69) is 15.3 Å². The largest absolute Gasteiger partial charge is 0.384 e. The van der Waals surface area contributed by atoms with Crippen molar-refractivity contribution >= 4 is 52.1 Å². The van der Waals surface area contributed by atoms with Gasteiger partial charge >= 0.3 is 0 Å². The number of rotatable bonds is 3. The number of nitrogens with zero attached hydrogens (tertiary/aromatic N) is 2. The van der Waals surface area contributed by atoms with Gasteiger partial charge in [0.2, 0.25) is 0 Å². The molecule has 0 aliphatic rings. The molecule has 0 radical (unpaired) electrons. The SMILES string of the molecule is CC(C)c1nc(N)cc(Nc2cc(Cl)c(Cl)cc2Cl)n1. The summed E-state index contributed by atoms with van der Waals surface area (Å²) in [4.78, 5) is 8.56. The summed E-state index contributed by atoms with van der Waals surface area (Å²) in [7, 11) is 0. The Bertz CT molecular complexity index is 644. The summed E-state index contributed by atoms with van der Waals surface area (Å²) >= 11 is 18.0. The molecule has 20 heavy (non-hydrogen) atoms. The predicted molar refractivity (Wildman–Crippen MR) is 85.3 cm³/mol. The van der Waals surface area contributed by atoms with Crippen LogP contribution in [0.1, 0.15) is 25.6 Å². The molecule has 1 heterocycles. The van der Waals surface area contributed by atoms with Crippen molar-refractivity contribution in [2.45, 2.75) is 19.8 Å². The topological polar surface area (TPSA) is 63.8 Å². The molecule has 4 nitrogen and oxygen atoms in total. The van der Waals surface area contributed by atoms with Crippen LogP contribution in [-0.4, -0.2) is 9.97 Å². The molecular weight excluding hydrogens is 319 g/mol. The van der Waals surface area contributed by atoms with Gasteiger partial charge in [-0.3, -0.25) is 0 Å². The molecule has 1 aromatic carbocycles. The third-order valence-corrected chi connectivity index (χ3v) is 3.59. The van der Waals surface area contributed by atoms with Crippen molar-refractivity contribution in [2.24, 2.45) is 0 Å². The lowest BCUT2D eigenvalue weighted by Gasteiger charge is -2.12. The average Bonchev–Trinajstić information content (AvgIpc) is 2.35. The molecule has 2 aromatic rings. The van der Waals surface area contributed by atoms with Crippen LogP contribution in [0.25, 0.3) is 0 Å². The van der Waals surface area contributed by atoms with Gasteiger partial charge in [0.15, 0.2) is 0 Å². The Morgan fingerprint density at radius 2 is 1.65 bits per heavy atom. The first-order valence-electron chi connectivity index (χ1n) is 5.93. The molecule has 0 saturated heterocycles. The van der Waals surface area contributed by atoms with E-state index in [1.165, 1.54) is 0 Å². The van der Waals surface area contributed by atoms with E-state index in [4.69, 9.17) is 40.5 Å². The van der Waals surface area contributed by atoms with Gasteiger partial charge in [-0.2, -0.15) is 0 Å². The third-order valence-electron chi connectivity index (χ3n) is 2.55. The number of hydrogen-bond acceptors (Lipinski definition) is 4. The van der Waals surface area contributed by atoms with Gasteiger partial charge in [0.1, 0.15) is 17.5 Å². The molecule has 0 unspecified atom stereocenters. The number of benzene rings is 1. The standard InChI is InChI=1S/C13H13Cl3N4/c1-6(2)13-19-11(17)5-12(20-13)18-10-4-8(15)7(14)3-9(10)16/h3-6H,1-2H3,(H3,17,18,19,20). The second kappa shape index (κ2) is 6.04. The second-order valence-electron chi connectivity index (χ2n) is 4.56. The smallest absolute Gasteiger partial charge is 0.136 e. The van der Waals surface area contributed by atoms with Crippen molar-refractivity contribution < 1.29 is 0 Å². The van der Waals surface area contributed by atoms with Crippen LogP contribution in [-0.2, 0) is 0 Å². The van der Waals surface area contributed by atoms with Crippen LogP contribution in [0.5, 0.6) is 0 Å². The van der Waals surface area contributed by atoms with E-state index in [0.29, 0.717) is 38.2 Å². The van der Waals surface area contributed by atoms with Crippen LogP contribution in [0.15, 0.2) is 18.2 Å². The van der Waals surface area contributed by atoms with Gasteiger partial charge < -0.3 is 11.1 Å². The Hall–Kier alpha value is -1.23. The zero-order chi connectivity index (χ0) is 14.9. The zero-order valence-corrected chi connectivity index (χ0v) is 13.2. The molecule has 3 N–H and O–H groups in total. The summed E-state index contributed by atoms with van der Waals surface area (Å²) in [6.45, 7) is 3.98. The lowest BCUT2D eigenvalue weighted by atomic mass is 10.2. The maximum atomic E-state index is 6.11. The van der Waals surface area contributed by atoms with Crippen LogP contribution in [0, 0.1) is 0 Å². The maximum absolute atomic E-state index is 6.11. The molecule has 0 aliphatic carbocycles. The van der Waals surface area contributed by atoms with Gasteiger partial charge in [0.05, 0.1) is 20.8 Å². The Labute approximate surface area is 132 Å². The molecule has 0 fully saturated rings. The second-order valence-corrected chi connectivity index (χ2v) is 5.78. The van der Waals surface area contributed by atoms with Crippen LogP contribution in [0.2, 0.25) is 15.1 Å². The van der Waals surface area contributed by atoms with Crippen molar-refractivity contribution in [3.8, 4) is 0 Å². The van der Waals surface area contributed by atoms with Gasteiger partial charge in [-0.05, 0) is 12.1 Å². The van der Waals surface area contributed by atoms with Crippen LogP contribution in [0.4, 0.5) is 17.3 Å². The molecule has 0 aliphatic heterocycles. The number of nitrogens with one attached hydrogen (secondary N) is 1. The van der Waals surface area contributed by atoms with E-state index in [1.807, 2.05) is 13.8 Å². The number of halogens is 3. The van der Waals surface area contributed by atoms with E-state index in [1.54, 1.807) is 18.2 Å². The van der Waals surface area contributed by atoms with E-state index in [0.717, 1.165) is 0 Å². The Morgan fingerprint density at radius 1 is 1.00 bits per heavy atom. The molecule has 0 atom stereocenters. The highest BCUT2D eigenvalue weighted by atomic mass is 35.5. The molecule has 1 aromatic heterocycles. The quantitative estimate of drug-likeness (QED) is 0.786. The minimum atomic E-state index is 0.170. The van der Waals surface area contributed by atoms with Crippen LogP contribution in [0.3, 0.4) is 0 Å². The summed E-state index contributed by atoms with van der Waals surface area (Å²) in [6.07, 6.45) is 0. The lowest BCUT2D eigenvalue weighted by Crippen LogP contribution is -2.05. The summed E-state index contributed by atoms with van der Waals surface area (Å²) in [5, 5.41) is 4.32. The zero-order valence-electron chi connectivity index (χ0n) is 10.9. The fourth-order valence-electron chi connectivity index (χ4n) is 1.56. The van der Waals surface area contributed by atoms with Crippen molar-refractivity contribution in [3.05, 3.63) is 39.1 Å². The van der Waals surface area contributed by atoms with Crippen molar-refractivity contribution in [2.75, 3.05) is 11.1 Å².